The van der Waals surface area contributed by atoms with Crippen molar-refractivity contribution in [1.82, 2.24) is 0 Å². The highest BCUT2D eigenvalue weighted by molar-refractivity contribution is 5.18. The second kappa shape index (κ2) is 3.49. The van der Waals surface area contributed by atoms with E-state index in [0.717, 1.165) is 11.5 Å². The van der Waals surface area contributed by atoms with Crippen molar-refractivity contribution in [2.75, 3.05) is 6.61 Å². The highest BCUT2D eigenvalue weighted by Crippen LogP contribution is 2.24. The Balaban J connectivity index is 2.29. The molecule has 0 bridgehead atoms. The van der Waals surface area contributed by atoms with Gasteiger partial charge in [-0.15, -0.1) is 0 Å². The van der Waals surface area contributed by atoms with Gasteiger partial charge in [-0.3, -0.25) is 0 Å². The summed E-state index contributed by atoms with van der Waals surface area (Å²) in [4.78, 5) is 0. The van der Waals surface area contributed by atoms with Gasteiger partial charge in [0, 0.05) is 0 Å². The van der Waals surface area contributed by atoms with Gasteiger partial charge in [-0.05, 0) is 24.3 Å². The van der Waals surface area contributed by atoms with Gasteiger partial charge in [0.15, 0.2) is 0 Å². The van der Waals surface area contributed by atoms with Crippen molar-refractivity contribution in [2.24, 2.45) is 0 Å². The van der Waals surface area contributed by atoms with E-state index in [9.17, 15) is 0 Å². The Labute approximate surface area is 75.6 Å². The minimum Gasteiger partial charge on any atom is -0.468 e. The first-order chi connectivity index (χ1) is 6.42. The quantitative estimate of drug-likeness (QED) is 0.781. The van der Waals surface area contributed by atoms with Gasteiger partial charge in [0.1, 0.15) is 11.5 Å². The Hall–Kier alpha value is -1.48. The third-order valence-corrected chi connectivity index (χ3v) is 1.96. The number of furan rings is 2. The molecule has 0 fully saturated rings. The van der Waals surface area contributed by atoms with Crippen molar-refractivity contribution in [3.05, 3.63) is 48.3 Å². The minimum absolute atomic E-state index is 0.0129. The van der Waals surface area contributed by atoms with E-state index in [1.165, 1.54) is 0 Å². The van der Waals surface area contributed by atoms with Gasteiger partial charge in [-0.2, -0.15) is 0 Å². The third kappa shape index (κ3) is 1.51. The predicted octanol–water partition coefficient (Wildman–Crippen LogP) is 2.00. The van der Waals surface area contributed by atoms with Crippen molar-refractivity contribution >= 4 is 0 Å². The van der Waals surface area contributed by atoms with Crippen LogP contribution in [0, 0.1) is 0 Å². The van der Waals surface area contributed by atoms with Crippen LogP contribution in [0.5, 0.6) is 0 Å². The summed E-state index contributed by atoms with van der Waals surface area (Å²) in [6, 6.07) is 7.23. The van der Waals surface area contributed by atoms with Crippen molar-refractivity contribution in [3.63, 3.8) is 0 Å². The lowest BCUT2D eigenvalue weighted by atomic mass is 10.1. The van der Waals surface area contributed by atoms with E-state index in [4.69, 9.17) is 13.9 Å². The molecule has 2 heterocycles. The number of rotatable bonds is 3. The molecule has 0 atom stereocenters. The molecule has 2 aromatic heterocycles. The maximum absolute atomic E-state index is 9.15. The van der Waals surface area contributed by atoms with Gasteiger partial charge in [-0.1, -0.05) is 0 Å². The summed E-state index contributed by atoms with van der Waals surface area (Å²) in [6.45, 7) is -0.0129. The Morgan fingerprint density at radius 1 is 1.08 bits per heavy atom. The zero-order valence-electron chi connectivity index (χ0n) is 7.01. The van der Waals surface area contributed by atoms with Gasteiger partial charge >= 0.3 is 0 Å². The van der Waals surface area contributed by atoms with Gasteiger partial charge < -0.3 is 13.9 Å². The van der Waals surface area contributed by atoms with E-state index in [1.54, 1.807) is 24.7 Å². The Bertz CT molecular complexity index is 300. The lowest BCUT2D eigenvalue weighted by Crippen LogP contribution is -2.03. The Morgan fingerprint density at radius 3 is 1.92 bits per heavy atom. The van der Waals surface area contributed by atoms with E-state index in [-0.39, 0.29) is 12.5 Å². The summed E-state index contributed by atoms with van der Waals surface area (Å²) in [5.41, 5.74) is 0. The molecule has 0 aliphatic carbocycles. The molecule has 2 rings (SSSR count). The molecular formula is C10H10O3. The lowest BCUT2D eigenvalue weighted by molar-refractivity contribution is 0.250. The predicted molar refractivity (Wildman–Crippen MR) is 46.3 cm³/mol. The third-order valence-electron chi connectivity index (χ3n) is 1.96. The van der Waals surface area contributed by atoms with Gasteiger partial charge in [0.2, 0.25) is 0 Å². The summed E-state index contributed by atoms with van der Waals surface area (Å²) >= 11 is 0. The molecule has 0 saturated carbocycles. The maximum Gasteiger partial charge on any atom is 0.116 e. The summed E-state index contributed by atoms with van der Waals surface area (Å²) < 4.78 is 10.4. The van der Waals surface area contributed by atoms with Crippen LogP contribution in [0.25, 0.3) is 0 Å². The van der Waals surface area contributed by atoms with Gasteiger partial charge in [0.25, 0.3) is 0 Å². The number of hydrogen-bond acceptors (Lipinski definition) is 3. The second-order valence-corrected chi connectivity index (χ2v) is 2.77. The fourth-order valence-electron chi connectivity index (χ4n) is 1.30. The molecule has 68 valence electrons. The van der Waals surface area contributed by atoms with E-state index >= 15 is 0 Å². The first-order valence-electron chi connectivity index (χ1n) is 4.09. The Kier molecular flexibility index (Phi) is 2.19. The fraction of sp³-hybridized carbons (Fsp3) is 0.200. The molecule has 0 aromatic carbocycles. The van der Waals surface area contributed by atoms with Crippen LogP contribution in [-0.4, -0.2) is 11.7 Å². The largest absolute Gasteiger partial charge is 0.468 e. The summed E-state index contributed by atoms with van der Waals surface area (Å²) in [5, 5.41) is 9.15. The van der Waals surface area contributed by atoms with E-state index in [2.05, 4.69) is 0 Å². The summed E-state index contributed by atoms with van der Waals surface area (Å²) in [7, 11) is 0. The summed E-state index contributed by atoms with van der Waals surface area (Å²) in [5.74, 6) is 1.25. The Morgan fingerprint density at radius 2 is 1.62 bits per heavy atom. The van der Waals surface area contributed by atoms with E-state index in [1.807, 2.05) is 12.1 Å². The zero-order chi connectivity index (χ0) is 9.10. The van der Waals surface area contributed by atoms with Crippen LogP contribution in [-0.2, 0) is 0 Å². The minimum atomic E-state index is -0.190. The first-order valence-corrected chi connectivity index (χ1v) is 4.09. The highest BCUT2D eigenvalue weighted by atomic mass is 16.3. The molecule has 0 saturated heterocycles. The van der Waals surface area contributed by atoms with Gasteiger partial charge in [-0.25, -0.2) is 0 Å². The molecular weight excluding hydrogens is 168 g/mol. The molecule has 0 aliphatic heterocycles. The van der Waals surface area contributed by atoms with Crippen LogP contribution in [0.3, 0.4) is 0 Å². The van der Waals surface area contributed by atoms with Crippen LogP contribution < -0.4 is 0 Å². The second-order valence-electron chi connectivity index (χ2n) is 2.77. The highest BCUT2D eigenvalue weighted by Gasteiger charge is 2.17. The molecule has 13 heavy (non-hydrogen) atoms. The zero-order valence-corrected chi connectivity index (χ0v) is 7.01. The molecule has 0 unspecified atom stereocenters. The topological polar surface area (TPSA) is 46.5 Å². The van der Waals surface area contributed by atoms with Crippen molar-refractivity contribution in [2.45, 2.75) is 5.92 Å². The fourth-order valence-corrected chi connectivity index (χ4v) is 1.30. The molecule has 2 aromatic rings. The van der Waals surface area contributed by atoms with Crippen LogP contribution >= 0.6 is 0 Å². The van der Waals surface area contributed by atoms with Crippen molar-refractivity contribution in [1.29, 1.82) is 0 Å². The van der Waals surface area contributed by atoms with E-state index in [0.29, 0.717) is 0 Å². The molecule has 0 aliphatic rings. The summed E-state index contributed by atoms with van der Waals surface area (Å²) in [6.07, 6.45) is 3.17. The number of aliphatic hydroxyl groups excluding tert-OH is 1. The van der Waals surface area contributed by atoms with E-state index < -0.39 is 0 Å². The molecule has 3 nitrogen and oxygen atoms in total. The SMILES string of the molecule is OCC(c1ccco1)c1ccco1. The average Bonchev–Trinajstić information content (AvgIpc) is 2.76. The van der Waals surface area contributed by atoms with Gasteiger partial charge in [0.05, 0.1) is 25.1 Å². The molecule has 1 N–H and O–H groups in total. The molecule has 0 spiro atoms. The van der Waals surface area contributed by atoms with Crippen LogP contribution in [0.15, 0.2) is 45.6 Å². The normalized spacial score (nSPS) is 10.9. The standard InChI is InChI=1S/C10H10O3/c11-7-8(9-3-1-5-12-9)10-4-2-6-13-10/h1-6,8,11H,7H2. The van der Waals surface area contributed by atoms with Crippen molar-refractivity contribution in [3.8, 4) is 0 Å². The molecule has 3 heteroatoms. The van der Waals surface area contributed by atoms with Crippen LogP contribution in [0.1, 0.15) is 17.4 Å². The van der Waals surface area contributed by atoms with Crippen LogP contribution in [0.2, 0.25) is 0 Å². The number of aliphatic hydroxyl groups is 1. The monoisotopic (exact) mass is 178 g/mol. The molecule has 0 amide bonds. The first kappa shape index (κ1) is 8.13. The van der Waals surface area contributed by atoms with Crippen molar-refractivity contribution < 1.29 is 13.9 Å². The average molecular weight is 178 g/mol. The maximum atomic E-state index is 9.15. The smallest absolute Gasteiger partial charge is 0.116 e. The molecule has 0 radical (unpaired) electrons. The van der Waals surface area contributed by atoms with Crippen LogP contribution in [0.4, 0.5) is 0 Å². The lowest BCUT2D eigenvalue weighted by Gasteiger charge is -2.06. The number of hydrogen-bond donors (Lipinski definition) is 1.